The number of amides is 1. The number of para-hydroxylation sites is 3. The van der Waals surface area contributed by atoms with Gasteiger partial charge < -0.3 is 24.4 Å². The molecule has 0 aromatic heterocycles. The number of carboxylic acids is 1. The van der Waals surface area contributed by atoms with Crippen molar-refractivity contribution in [3.05, 3.63) is 90.0 Å². The summed E-state index contributed by atoms with van der Waals surface area (Å²) in [6.45, 7) is 3.66. The molecule has 6 rings (SSSR count). The first-order valence-electron chi connectivity index (χ1n) is 13.1. The van der Waals surface area contributed by atoms with Crippen LogP contribution in [0.3, 0.4) is 0 Å². The van der Waals surface area contributed by atoms with E-state index in [4.69, 9.17) is 9.47 Å². The molecule has 0 radical (unpaired) electrons. The second-order valence-corrected chi connectivity index (χ2v) is 10.2. The standard InChI is InChI=1S/C30H31N3O5/c34-28(35)23-8-6-7-22(17-23)18-32-21-33(24-9-2-1-3-10-24)30(29(32)36)13-15-31(16-14-30)19-25-20-37-26-11-4-5-12-27(26)38-25/h1-12,17,25H,13-16,18-21H2,(H,34,35). The van der Waals surface area contributed by atoms with Crippen molar-refractivity contribution in [2.75, 3.05) is 37.8 Å². The molecule has 0 saturated carbocycles. The monoisotopic (exact) mass is 513 g/mol. The van der Waals surface area contributed by atoms with E-state index in [0.717, 1.165) is 42.4 Å². The molecule has 8 heteroatoms. The number of nitrogens with zero attached hydrogens (tertiary/aromatic N) is 3. The Kier molecular flexibility index (Phi) is 6.41. The molecule has 0 bridgehead atoms. The van der Waals surface area contributed by atoms with Gasteiger partial charge in [-0.1, -0.05) is 42.5 Å². The molecule has 196 valence electrons. The molecule has 3 aromatic carbocycles. The zero-order valence-electron chi connectivity index (χ0n) is 21.2. The molecule has 1 amide bonds. The van der Waals surface area contributed by atoms with Crippen LogP contribution in [0.2, 0.25) is 0 Å². The van der Waals surface area contributed by atoms with Gasteiger partial charge in [-0.2, -0.15) is 0 Å². The van der Waals surface area contributed by atoms with E-state index in [0.29, 0.717) is 32.7 Å². The van der Waals surface area contributed by atoms with Gasteiger partial charge in [-0.15, -0.1) is 0 Å². The number of hydrogen-bond acceptors (Lipinski definition) is 6. The van der Waals surface area contributed by atoms with E-state index < -0.39 is 11.5 Å². The van der Waals surface area contributed by atoms with E-state index in [2.05, 4.69) is 21.9 Å². The number of carboxylic acid groups (broad SMARTS) is 1. The third kappa shape index (κ3) is 4.56. The van der Waals surface area contributed by atoms with Gasteiger partial charge in [0.1, 0.15) is 18.2 Å². The third-order valence-corrected chi connectivity index (χ3v) is 7.84. The van der Waals surface area contributed by atoms with Crippen molar-refractivity contribution >= 4 is 17.6 Å². The van der Waals surface area contributed by atoms with E-state index in [1.165, 1.54) is 0 Å². The molecule has 1 atom stereocenters. The van der Waals surface area contributed by atoms with Gasteiger partial charge in [-0.3, -0.25) is 9.69 Å². The summed E-state index contributed by atoms with van der Waals surface area (Å²) in [5.74, 6) is 0.699. The Bertz CT molecular complexity index is 1320. The van der Waals surface area contributed by atoms with Gasteiger partial charge in [-0.05, 0) is 54.8 Å². The number of aromatic carboxylic acids is 1. The quantitative estimate of drug-likeness (QED) is 0.536. The maximum absolute atomic E-state index is 14.0. The van der Waals surface area contributed by atoms with Gasteiger partial charge in [0, 0.05) is 31.9 Å². The summed E-state index contributed by atoms with van der Waals surface area (Å²) in [6, 6.07) is 24.7. The normalized spacial score (nSPS) is 20.6. The van der Waals surface area contributed by atoms with Crippen LogP contribution in [0.5, 0.6) is 11.5 Å². The zero-order valence-corrected chi connectivity index (χ0v) is 21.2. The summed E-state index contributed by atoms with van der Waals surface area (Å²) in [5.41, 5.74) is 1.44. The number of carbonyl (C=O) groups is 2. The number of benzene rings is 3. The smallest absolute Gasteiger partial charge is 0.335 e. The third-order valence-electron chi connectivity index (χ3n) is 7.84. The number of rotatable bonds is 6. The van der Waals surface area contributed by atoms with Gasteiger partial charge >= 0.3 is 5.97 Å². The Morgan fingerprint density at radius 2 is 1.68 bits per heavy atom. The highest BCUT2D eigenvalue weighted by Crippen LogP contribution is 2.40. The van der Waals surface area contributed by atoms with Crippen LogP contribution in [0.25, 0.3) is 0 Å². The molecule has 0 aliphatic carbocycles. The minimum atomic E-state index is -0.967. The fraction of sp³-hybridized carbons (Fsp3) is 0.333. The van der Waals surface area contributed by atoms with Crippen molar-refractivity contribution in [3.8, 4) is 11.5 Å². The Morgan fingerprint density at radius 3 is 2.45 bits per heavy atom. The number of carbonyl (C=O) groups excluding carboxylic acids is 1. The molecule has 1 N–H and O–H groups in total. The molecular formula is C30H31N3O5. The largest absolute Gasteiger partial charge is 0.486 e. The molecule has 2 saturated heterocycles. The maximum atomic E-state index is 14.0. The van der Waals surface area contributed by atoms with Crippen molar-refractivity contribution in [2.45, 2.75) is 31.0 Å². The van der Waals surface area contributed by atoms with Crippen molar-refractivity contribution in [2.24, 2.45) is 0 Å². The van der Waals surface area contributed by atoms with Gasteiger partial charge in [-0.25, -0.2) is 4.79 Å². The van der Waals surface area contributed by atoms with Crippen LogP contribution in [0.1, 0.15) is 28.8 Å². The molecule has 1 spiro atoms. The molecule has 1 unspecified atom stereocenters. The molecule has 3 aliphatic rings. The first-order chi connectivity index (χ1) is 18.5. The average molecular weight is 514 g/mol. The van der Waals surface area contributed by atoms with E-state index in [1.54, 1.807) is 18.2 Å². The average Bonchev–Trinajstić information content (AvgIpc) is 3.21. The summed E-state index contributed by atoms with van der Waals surface area (Å²) in [4.78, 5) is 31.9. The summed E-state index contributed by atoms with van der Waals surface area (Å²) in [5, 5.41) is 9.39. The molecule has 38 heavy (non-hydrogen) atoms. The fourth-order valence-corrected chi connectivity index (χ4v) is 5.89. The van der Waals surface area contributed by atoms with Crippen molar-refractivity contribution < 1.29 is 24.2 Å². The minimum Gasteiger partial charge on any atom is -0.486 e. The van der Waals surface area contributed by atoms with Gasteiger partial charge in [0.05, 0.1) is 12.2 Å². The summed E-state index contributed by atoms with van der Waals surface area (Å²) in [7, 11) is 0. The zero-order chi connectivity index (χ0) is 26.1. The lowest BCUT2D eigenvalue weighted by atomic mass is 9.85. The van der Waals surface area contributed by atoms with E-state index in [1.807, 2.05) is 53.4 Å². The number of likely N-dealkylation sites (tertiary alicyclic amines) is 1. The van der Waals surface area contributed by atoms with E-state index in [-0.39, 0.29) is 17.6 Å². The molecule has 3 aromatic rings. The summed E-state index contributed by atoms with van der Waals surface area (Å²) in [6.07, 6.45) is 1.36. The second-order valence-electron chi connectivity index (χ2n) is 10.2. The van der Waals surface area contributed by atoms with Gasteiger partial charge in [0.25, 0.3) is 0 Å². The highest BCUT2D eigenvalue weighted by Gasteiger charge is 2.53. The predicted molar refractivity (Wildman–Crippen MR) is 142 cm³/mol. The van der Waals surface area contributed by atoms with Crippen LogP contribution in [-0.2, 0) is 11.3 Å². The van der Waals surface area contributed by atoms with Crippen molar-refractivity contribution in [1.29, 1.82) is 0 Å². The maximum Gasteiger partial charge on any atom is 0.335 e. The van der Waals surface area contributed by atoms with Crippen LogP contribution in [0, 0.1) is 0 Å². The van der Waals surface area contributed by atoms with Crippen LogP contribution < -0.4 is 14.4 Å². The molecule has 8 nitrogen and oxygen atoms in total. The van der Waals surface area contributed by atoms with Crippen LogP contribution >= 0.6 is 0 Å². The molecule has 3 heterocycles. The number of hydrogen-bond donors (Lipinski definition) is 1. The second kappa shape index (κ2) is 10.0. The Morgan fingerprint density at radius 1 is 0.947 bits per heavy atom. The Labute approximate surface area is 222 Å². The van der Waals surface area contributed by atoms with Gasteiger partial charge in [0.15, 0.2) is 11.5 Å². The van der Waals surface area contributed by atoms with E-state index in [9.17, 15) is 14.7 Å². The predicted octanol–water partition coefficient (Wildman–Crippen LogP) is 3.87. The number of anilines is 1. The van der Waals surface area contributed by atoms with Crippen LogP contribution in [0.4, 0.5) is 5.69 Å². The Hall–Kier alpha value is -4.04. The molecule has 2 fully saturated rings. The molecule has 3 aliphatic heterocycles. The van der Waals surface area contributed by atoms with Crippen LogP contribution in [-0.4, -0.2) is 71.3 Å². The van der Waals surface area contributed by atoms with Gasteiger partial charge in [0.2, 0.25) is 5.91 Å². The van der Waals surface area contributed by atoms with E-state index >= 15 is 0 Å². The lowest BCUT2D eigenvalue weighted by molar-refractivity contribution is -0.134. The minimum absolute atomic E-state index is 0.0542. The number of fused-ring (bicyclic) bond motifs is 1. The highest BCUT2D eigenvalue weighted by molar-refractivity contribution is 5.93. The topological polar surface area (TPSA) is 82.6 Å². The van der Waals surface area contributed by atoms with Crippen molar-refractivity contribution in [3.63, 3.8) is 0 Å². The number of ether oxygens (including phenoxy) is 2. The summed E-state index contributed by atoms with van der Waals surface area (Å²) < 4.78 is 12.1. The first kappa shape index (κ1) is 24.3. The lowest BCUT2D eigenvalue weighted by Gasteiger charge is -2.44. The molecular weight excluding hydrogens is 482 g/mol. The first-order valence-corrected chi connectivity index (χ1v) is 13.1. The van der Waals surface area contributed by atoms with Crippen LogP contribution in [0.15, 0.2) is 78.9 Å². The highest BCUT2D eigenvalue weighted by atomic mass is 16.6. The fourth-order valence-electron chi connectivity index (χ4n) is 5.89. The van der Waals surface area contributed by atoms with Crippen molar-refractivity contribution in [1.82, 2.24) is 9.80 Å². The summed E-state index contributed by atoms with van der Waals surface area (Å²) >= 11 is 0. The lowest BCUT2D eigenvalue weighted by Crippen LogP contribution is -2.57. The SMILES string of the molecule is O=C(O)c1cccc(CN2CN(c3ccccc3)C3(CCN(CC4COc5ccccc5O4)CC3)C2=O)c1. The Balaban J connectivity index is 1.18. The number of piperidine rings is 1.